The first-order chi connectivity index (χ1) is 10.2. The molecule has 0 N–H and O–H groups in total. The van der Waals surface area contributed by atoms with Crippen LogP contribution in [0.15, 0.2) is 40.7 Å². The molecule has 3 aromatic heterocycles. The second kappa shape index (κ2) is 5.69. The number of thioether (sulfide) groups is 1. The average molecular weight is 301 g/mol. The van der Waals surface area contributed by atoms with Crippen molar-refractivity contribution >= 4 is 17.4 Å². The molecule has 0 atom stereocenters. The highest BCUT2D eigenvalue weighted by Gasteiger charge is 2.07. The SMILES string of the molecule is CCn1cnnc1SCc1cc(=O)n2cc(C)ccc2n1. The largest absolute Gasteiger partial charge is 0.309 e. The summed E-state index contributed by atoms with van der Waals surface area (Å²) in [5.41, 5.74) is 2.39. The van der Waals surface area contributed by atoms with Gasteiger partial charge in [-0.1, -0.05) is 17.8 Å². The number of hydrogen-bond acceptors (Lipinski definition) is 5. The maximum Gasteiger partial charge on any atom is 0.258 e. The fourth-order valence-corrected chi connectivity index (χ4v) is 2.92. The van der Waals surface area contributed by atoms with E-state index in [9.17, 15) is 4.79 Å². The number of nitrogens with zero attached hydrogens (tertiary/aromatic N) is 5. The first-order valence-electron chi connectivity index (χ1n) is 6.67. The maximum atomic E-state index is 12.1. The monoisotopic (exact) mass is 301 g/mol. The molecular weight excluding hydrogens is 286 g/mol. The summed E-state index contributed by atoms with van der Waals surface area (Å²) >= 11 is 1.53. The minimum Gasteiger partial charge on any atom is -0.309 e. The minimum absolute atomic E-state index is 0.0590. The third-order valence-corrected chi connectivity index (χ3v) is 4.14. The minimum atomic E-state index is -0.0590. The number of aryl methyl sites for hydroxylation is 2. The first-order valence-corrected chi connectivity index (χ1v) is 7.65. The fourth-order valence-electron chi connectivity index (χ4n) is 2.04. The Morgan fingerprint density at radius 3 is 3.00 bits per heavy atom. The molecule has 108 valence electrons. The third-order valence-electron chi connectivity index (χ3n) is 3.13. The number of aromatic nitrogens is 5. The Morgan fingerprint density at radius 2 is 2.19 bits per heavy atom. The van der Waals surface area contributed by atoms with Crippen LogP contribution in [-0.2, 0) is 12.3 Å². The Bertz CT molecular complexity index is 839. The third kappa shape index (κ3) is 2.82. The molecule has 3 heterocycles. The van der Waals surface area contributed by atoms with Crippen LogP contribution < -0.4 is 5.56 Å². The first kappa shape index (κ1) is 13.8. The lowest BCUT2D eigenvalue weighted by Crippen LogP contribution is -2.15. The normalized spacial score (nSPS) is 11.1. The fraction of sp³-hybridized carbons (Fsp3) is 0.286. The number of pyridine rings is 1. The van der Waals surface area contributed by atoms with Crippen LogP contribution in [0.3, 0.4) is 0 Å². The van der Waals surface area contributed by atoms with Crippen molar-refractivity contribution < 1.29 is 0 Å². The van der Waals surface area contributed by atoms with E-state index in [-0.39, 0.29) is 5.56 Å². The van der Waals surface area contributed by atoms with Gasteiger partial charge in [0.1, 0.15) is 12.0 Å². The lowest BCUT2D eigenvalue weighted by Gasteiger charge is -2.05. The van der Waals surface area contributed by atoms with Gasteiger partial charge in [-0.15, -0.1) is 10.2 Å². The van der Waals surface area contributed by atoms with Gasteiger partial charge in [-0.3, -0.25) is 9.20 Å². The molecule has 0 bridgehead atoms. The van der Waals surface area contributed by atoms with Gasteiger partial charge in [0.05, 0.1) is 5.69 Å². The lowest BCUT2D eigenvalue weighted by atomic mass is 10.3. The zero-order valence-corrected chi connectivity index (χ0v) is 12.7. The quantitative estimate of drug-likeness (QED) is 0.689. The van der Waals surface area contributed by atoms with E-state index in [2.05, 4.69) is 15.2 Å². The molecule has 6 nitrogen and oxygen atoms in total. The van der Waals surface area contributed by atoms with Crippen LogP contribution in [0.2, 0.25) is 0 Å². The van der Waals surface area contributed by atoms with Gasteiger partial charge in [0.15, 0.2) is 5.16 Å². The Labute approximate surface area is 125 Å². The maximum absolute atomic E-state index is 12.1. The van der Waals surface area contributed by atoms with E-state index in [4.69, 9.17) is 0 Å². The number of hydrogen-bond donors (Lipinski definition) is 0. The van der Waals surface area contributed by atoms with Gasteiger partial charge in [-0.25, -0.2) is 4.98 Å². The summed E-state index contributed by atoms with van der Waals surface area (Å²) in [6.45, 7) is 4.81. The summed E-state index contributed by atoms with van der Waals surface area (Å²) in [4.78, 5) is 16.6. The van der Waals surface area contributed by atoms with Crippen molar-refractivity contribution in [2.45, 2.75) is 31.3 Å². The highest BCUT2D eigenvalue weighted by molar-refractivity contribution is 7.98. The lowest BCUT2D eigenvalue weighted by molar-refractivity contribution is 0.681. The van der Waals surface area contributed by atoms with Crippen LogP contribution in [-0.4, -0.2) is 24.1 Å². The Morgan fingerprint density at radius 1 is 1.33 bits per heavy atom. The molecule has 0 fully saturated rings. The highest BCUT2D eigenvalue weighted by atomic mass is 32.2. The van der Waals surface area contributed by atoms with Crippen molar-refractivity contribution in [1.82, 2.24) is 24.1 Å². The second-order valence-electron chi connectivity index (χ2n) is 4.71. The van der Waals surface area contributed by atoms with E-state index >= 15 is 0 Å². The van der Waals surface area contributed by atoms with Gasteiger partial charge in [0.2, 0.25) is 0 Å². The van der Waals surface area contributed by atoms with E-state index in [1.807, 2.05) is 30.5 Å². The standard InChI is InChI=1S/C14H15N5OS/c1-3-18-9-15-17-14(18)21-8-11-6-13(20)19-7-10(2)4-5-12(19)16-11/h4-7,9H,3,8H2,1-2H3. The summed E-state index contributed by atoms with van der Waals surface area (Å²) in [6.07, 6.45) is 3.50. The van der Waals surface area contributed by atoms with Gasteiger partial charge in [-0.2, -0.15) is 0 Å². The Balaban J connectivity index is 1.88. The molecule has 0 amide bonds. The molecule has 0 saturated heterocycles. The summed E-state index contributed by atoms with van der Waals surface area (Å²) in [5, 5.41) is 8.79. The van der Waals surface area contributed by atoms with Crippen molar-refractivity contribution in [3.05, 3.63) is 52.3 Å². The van der Waals surface area contributed by atoms with Crippen LogP contribution in [0.5, 0.6) is 0 Å². The van der Waals surface area contributed by atoms with Crippen molar-refractivity contribution in [3.63, 3.8) is 0 Å². The molecule has 0 saturated carbocycles. The molecule has 0 spiro atoms. The molecule has 7 heteroatoms. The van der Waals surface area contributed by atoms with E-state index in [1.54, 1.807) is 23.0 Å². The van der Waals surface area contributed by atoms with Gasteiger partial charge in [0, 0.05) is 24.6 Å². The Kier molecular flexibility index (Phi) is 3.74. The molecule has 0 unspecified atom stereocenters. The van der Waals surface area contributed by atoms with Crippen molar-refractivity contribution in [1.29, 1.82) is 0 Å². The zero-order valence-electron chi connectivity index (χ0n) is 11.9. The summed E-state index contributed by atoms with van der Waals surface area (Å²) in [6, 6.07) is 5.39. The van der Waals surface area contributed by atoms with Crippen molar-refractivity contribution in [3.8, 4) is 0 Å². The summed E-state index contributed by atoms with van der Waals surface area (Å²) in [5.74, 6) is 0.596. The molecule has 3 aromatic rings. The molecule has 3 rings (SSSR count). The van der Waals surface area contributed by atoms with Gasteiger partial charge < -0.3 is 4.57 Å². The zero-order chi connectivity index (χ0) is 14.8. The van der Waals surface area contributed by atoms with Crippen LogP contribution in [0.25, 0.3) is 5.65 Å². The molecule has 0 aliphatic heterocycles. The van der Waals surface area contributed by atoms with Crippen LogP contribution in [0.1, 0.15) is 18.2 Å². The second-order valence-corrected chi connectivity index (χ2v) is 5.65. The molecule has 0 aromatic carbocycles. The average Bonchev–Trinajstić information content (AvgIpc) is 2.93. The van der Waals surface area contributed by atoms with Crippen LogP contribution in [0, 0.1) is 6.92 Å². The molecular formula is C14H15N5OS. The smallest absolute Gasteiger partial charge is 0.258 e. The van der Waals surface area contributed by atoms with Crippen LogP contribution >= 0.6 is 11.8 Å². The molecule has 0 aliphatic carbocycles. The van der Waals surface area contributed by atoms with Crippen molar-refractivity contribution in [2.75, 3.05) is 0 Å². The molecule has 0 aliphatic rings. The Hall–Kier alpha value is -2.15. The van der Waals surface area contributed by atoms with Gasteiger partial charge in [-0.05, 0) is 25.5 Å². The highest BCUT2D eigenvalue weighted by Crippen LogP contribution is 2.19. The van der Waals surface area contributed by atoms with E-state index in [0.29, 0.717) is 11.4 Å². The predicted octanol–water partition coefficient (Wildman–Crippen LogP) is 1.91. The van der Waals surface area contributed by atoms with Gasteiger partial charge in [0.25, 0.3) is 5.56 Å². The van der Waals surface area contributed by atoms with E-state index in [0.717, 1.165) is 23.0 Å². The number of fused-ring (bicyclic) bond motifs is 1. The summed E-state index contributed by atoms with van der Waals surface area (Å²) < 4.78 is 3.53. The molecule has 21 heavy (non-hydrogen) atoms. The van der Waals surface area contributed by atoms with Crippen LogP contribution in [0.4, 0.5) is 0 Å². The van der Waals surface area contributed by atoms with E-state index in [1.165, 1.54) is 11.8 Å². The topological polar surface area (TPSA) is 65.1 Å². The van der Waals surface area contributed by atoms with Crippen molar-refractivity contribution in [2.24, 2.45) is 0 Å². The van der Waals surface area contributed by atoms with Gasteiger partial charge >= 0.3 is 0 Å². The molecule has 0 radical (unpaired) electrons. The number of rotatable bonds is 4. The predicted molar refractivity (Wildman–Crippen MR) is 81.5 cm³/mol. The summed E-state index contributed by atoms with van der Waals surface area (Å²) in [7, 11) is 0. The van der Waals surface area contributed by atoms with E-state index < -0.39 is 0 Å².